The molecule has 0 amide bonds. The Morgan fingerprint density at radius 2 is 2.22 bits per heavy atom. The fourth-order valence-corrected chi connectivity index (χ4v) is 1.49. The summed E-state index contributed by atoms with van der Waals surface area (Å²) in [6.45, 7) is 3.80. The van der Waals surface area contributed by atoms with E-state index >= 15 is 0 Å². The predicted molar refractivity (Wildman–Crippen MR) is 69.1 cm³/mol. The third-order valence-electron chi connectivity index (χ3n) is 2.95. The number of rotatable bonds is 6. The van der Waals surface area contributed by atoms with Gasteiger partial charge in [-0.25, -0.2) is 0 Å². The SMILES string of the molecule is CCC(C)(CO)Nc1ccc([N+](=O)[O-])c(OC)c1. The summed E-state index contributed by atoms with van der Waals surface area (Å²) in [6, 6.07) is 4.54. The summed E-state index contributed by atoms with van der Waals surface area (Å²) >= 11 is 0. The van der Waals surface area contributed by atoms with E-state index in [1.807, 2.05) is 13.8 Å². The molecule has 0 bridgehead atoms. The lowest BCUT2D eigenvalue weighted by Crippen LogP contribution is -2.37. The van der Waals surface area contributed by atoms with Gasteiger partial charge in [-0.1, -0.05) is 6.92 Å². The molecule has 0 spiro atoms. The van der Waals surface area contributed by atoms with Gasteiger partial charge < -0.3 is 15.2 Å². The molecule has 1 unspecified atom stereocenters. The average Bonchev–Trinajstić information content (AvgIpc) is 2.38. The van der Waals surface area contributed by atoms with Gasteiger partial charge in [-0.3, -0.25) is 10.1 Å². The normalized spacial score (nSPS) is 13.8. The van der Waals surface area contributed by atoms with Crippen LogP contribution in [0, 0.1) is 10.1 Å². The van der Waals surface area contributed by atoms with Crippen molar-refractivity contribution in [2.75, 3.05) is 19.0 Å². The number of methoxy groups -OCH3 is 1. The van der Waals surface area contributed by atoms with E-state index in [-0.39, 0.29) is 18.0 Å². The van der Waals surface area contributed by atoms with Crippen molar-refractivity contribution >= 4 is 11.4 Å². The van der Waals surface area contributed by atoms with Crippen LogP contribution in [0.3, 0.4) is 0 Å². The number of hydrogen-bond acceptors (Lipinski definition) is 5. The molecule has 6 heteroatoms. The van der Waals surface area contributed by atoms with E-state index in [0.717, 1.165) is 6.42 Å². The summed E-state index contributed by atoms with van der Waals surface area (Å²) in [6.07, 6.45) is 0.725. The number of benzene rings is 1. The van der Waals surface area contributed by atoms with Crippen molar-refractivity contribution in [1.82, 2.24) is 0 Å². The second kappa shape index (κ2) is 5.68. The zero-order valence-electron chi connectivity index (χ0n) is 10.8. The lowest BCUT2D eigenvalue weighted by atomic mass is 10.00. The number of nitro groups is 1. The molecule has 6 nitrogen and oxygen atoms in total. The zero-order chi connectivity index (χ0) is 13.8. The molecule has 0 aromatic heterocycles. The Kier molecular flexibility index (Phi) is 4.49. The Morgan fingerprint density at radius 1 is 1.56 bits per heavy atom. The summed E-state index contributed by atoms with van der Waals surface area (Å²) < 4.78 is 4.98. The van der Waals surface area contributed by atoms with Gasteiger partial charge in [0, 0.05) is 17.8 Å². The van der Waals surface area contributed by atoms with Crippen LogP contribution in [0.15, 0.2) is 18.2 Å². The van der Waals surface area contributed by atoms with Crippen LogP contribution in [0.25, 0.3) is 0 Å². The fraction of sp³-hybridized carbons (Fsp3) is 0.500. The van der Waals surface area contributed by atoms with E-state index in [0.29, 0.717) is 5.69 Å². The molecule has 1 atom stereocenters. The molecule has 1 rings (SSSR count). The van der Waals surface area contributed by atoms with Gasteiger partial charge in [-0.05, 0) is 19.4 Å². The summed E-state index contributed by atoms with van der Waals surface area (Å²) in [7, 11) is 1.39. The number of aliphatic hydroxyl groups is 1. The van der Waals surface area contributed by atoms with Crippen LogP contribution in [0.4, 0.5) is 11.4 Å². The van der Waals surface area contributed by atoms with Crippen molar-refractivity contribution in [2.24, 2.45) is 0 Å². The standard InChI is InChI=1S/C12H18N2O4/c1-4-12(2,8-15)13-9-5-6-10(14(16)17)11(7-9)18-3/h5-7,13,15H,4,8H2,1-3H3. The van der Waals surface area contributed by atoms with Gasteiger partial charge in [0.05, 0.1) is 24.2 Å². The highest BCUT2D eigenvalue weighted by atomic mass is 16.6. The molecule has 0 fully saturated rings. The highest BCUT2D eigenvalue weighted by Crippen LogP contribution is 2.31. The van der Waals surface area contributed by atoms with Crippen LogP contribution < -0.4 is 10.1 Å². The zero-order valence-corrected chi connectivity index (χ0v) is 10.8. The van der Waals surface area contributed by atoms with E-state index in [1.54, 1.807) is 12.1 Å². The molecule has 1 aromatic carbocycles. The van der Waals surface area contributed by atoms with Crippen LogP contribution in [0.2, 0.25) is 0 Å². The Hall–Kier alpha value is -1.82. The molecule has 18 heavy (non-hydrogen) atoms. The van der Waals surface area contributed by atoms with E-state index < -0.39 is 10.5 Å². The number of nitrogens with one attached hydrogen (secondary N) is 1. The van der Waals surface area contributed by atoms with Crippen LogP contribution in [-0.4, -0.2) is 29.3 Å². The molecular weight excluding hydrogens is 236 g/mol. The summed E-state index contributed by atoms with van der Waals surface area (Å²) in [4.78, 5) is 10.3. The lowest BCUT2D eigenvalue weighted by molar-refractivity contribution is -0.385. The minimum absolute atomic E-state index is 0.0250. The average molecular weight is 254 g/mol. The molecular formula is C12H18N2O4. The first kappa shape index (κ1) is 14.2. The van der Waals surface area contributed by atoms with Gasteiger partial charge in [0.1, 0.15) is 0 Å². The van der Waals surface area contributed by atoms with Crippen LogP contribution in [0.1, 0.15) is 20.3 Å². The van der Waals surface area contributed by atoms with Crippen LogP contribution in [-0.2, 0) is 0 Å². The van der Waals surface area contributed by atoms with Crippen LogP contribution >= 0.6 is 0 Å². The first-order chi connectivity index (χ1) is 8.45. The van der Waals surface area contributed by atoms with Gasteiger partial charge in [0.25, 0.3) is 0 Å². The Morgan fingerprint density at radius 3 is 2.67 bits per heavy atom. The molecule has 0 saturated heterocycles. The van der Waals surface area contributed by atoms with Gasteiger partial charge >= 0.3 is 5.69 Å². The Bertz CT molecular complexity index is 430. The molecule has 0 aliphatic carbocycles. The van der Waals surface area contributed by atoms with Crippen molar-refractivity contribution in [3.8, 4) is 5.75 Å². The fourth-order valence-electron chi connectivity index (χ4n) is 1.49. The van der Waals surface area contributed by atoms with Gasteiger partial charge in [0.2, 0.25) is 0 Å². The quantitative estimate of drug-likeness (QED) is 0.600. The summed E-state index contributed by atoms with van der Waals surface area (Å²) in [5, 5.41) is 23.2. The number of ether oxygens (including phenoxy) is 1. The molecule has 100 valence electrons. The van der Waals surface area contributed by atoms with E-state index in [4.69, 9.17) is 4.74 Å². The maximum absolute atomic E-state index is 10.8. The highest BCUT2D eigenvalue weighted by molar-refractivity contribution is 5.58. The molecule has 2 N–H and O–H groups in total. The summed E-state index contributed by atoms with van der Waals surface area (Å²) in [5.74, 6) is 0.196. The second-order valence-electron chi connectivity index (χ2n) is 4.34. The number of hydrogen-bond donors (Lipinski definition) is 2. The number of anilines is 1. The highest BCUT2D eigenvalue weighted by Gasteiger charge is 2.22. The first-order valence-corrected chi connectivity index (χ1v) is 5.67. The van der Waals surface area contributed by atoms with Crippen molar-refractivity contribution in [1.29, 1.82) is 0 Å². The minimum Gasteiger partial charge on any atom is -0.490 e. The van der Waals surface area contributed by atoms with Gasteiger partial charge in [-0.15, -0.1) is 0 Å². The Balaban J connectivity index is 3.02. The monoisotopic (exact) mass is 254 g/mol. The number of aliphatic hydroxyl groups excluding tert-OH is 1. The lowest BCUT2D eigenvalue weighted by Gasteiger charge is -2.28. The van der Waals surface area contributed by atoms with E-state index in [9.17, 15) is 15.2 Å². The van der Waals surface area contributed by atoms with E-state index in [1.165, 1.54) is 13.2 Å². The smallest absolute Gasteiger partial charge is 0.311 e. The Labute approximate surface area is 106 Å². The summed E-state index contributed by atoms with van der Waals surface area (Å²) in [5.41, 5.74) is 0.141. The molecule has 0 heterocycles. The van der Waals surface area contributed by atoms with Gasteiger partial charge in [-0.2, -0.15) is 0 Å². The molecule has 0 radical (unpaired) electrons. The first-order valence-electron chi connectivity index (χ1n) is 5.67. The third-order valence-corrected chi connectivity index (χ3v) is 2.95. The third kappa shape index (κ3) is 3.10. The molecule has 1 aromatic rings. The minimum atomic E-state index is -0.492. The van der Waals surface area contributed by atoms with Gasteiger partial charge in [0.15, 0.2) is 5.75 Å². The van der Waals surface area contributed by atoms with Crippen LogP contribution in [0.5, 0.6) is 5.75 Å². The van der Waals surface area contributed by atoms with Crippen molar-refractivity contribution < 1.29 is 14.8 Å². The topological polar surface area (TPSA) is 84.6 Å². The second-order valence-corrected chi connectivity index (χ2v) is 4.34. The number of nitrogens with zero attached hydrogens (tertiary/aromatic N) is 1. The molecule has 0 aliphatic rings. The van der Waals surface area contributed by atoms with Crippen molar-refractivity contribution in [2.45, 2.75) is 25.8 Å². The maximum atomic E-state index is 10.8. The van der Waals surface area contributed by atoms with Crippen molar-refractivity contribution in [3.63, 3.8) is 0 Å². The molecule has 0 aliphatic heterocycles. The molecule has 0 saturated carbocycles. The number of nitro benzene ring substituents is 1. The largest absolute Gasteiger partial charge is 0.490 e. The maximum Gasteiger partial charge on any atom is 0.311 e. The van der Waals surface area contributed by atoms with Crippen molar-refractivity contribution in [3.05, 3.63) is 28.3 Å². The predicted octanol–water partition coefficient (Wildman–Crippen LogP) is 2.18. The van der Waals surface area contributed by atoms with E-state index in [2.05, 4.69) is 5.32 Å².